The normalized spacial score (nSPS) is 24.3. The molecule has 28 heavy (non-hydrogen) atoms. The van der Waals surface area contributed by atoms with Crippen LogP contribution in [0.5, 0.6) is 0 Å². The predicted molar refractivity (Wildman–Crippen MR) is 113 cm³/mol. The molecule has 2 aromatic heterocycles. The number of morpholine rings is 1. The molecular weight excluding hydrogens is 370 g/mol. The van der Waals surface area contributed by atoms with Crippen molar-refractivity contribution in [3.8, 4) is 0 Å². The summed E-state index contributed by atoms with van der Waals surface area (Å²) in [5, 5.41) is 5.38. The Balaban J connectivity index is 1.45. The summed E-state index contributed by atoms with van der Waals surface area (Å²) in [6.45, 7) is 5.81. The van der Waals surface area contributed by atoms with Crippen LogP contribution in [0.3, 0.4) is 0 Å². The van der Waals surface area contributed by atoms with Crippen LogP contribution in [0.4, 0.5) is 5.82 Å². The van der Waals surface area contributed by atoms with Gasteiger partial charge in [0.1, 0.15) is 5.82 Å². The van der Waals surface area contributed by atoms with Crippen LogP contribution in [0.2, 0.25) is 0 Å². The van der Waals surface area contributed by atoms with Crippen LogP contribution in [0.1, 0.15) is 60.8 Å². The Morgan fingerprint density at radius 2 is 1.96 bits per heavy atom. The van der Waals surface area contributed by atoms with Crippen LogP contribution in [0.15, 0.2) is 35.8 Å². The number of carbonyl (C=O) groups is 1. The summed E-state index contributed by atoms with van der Waals surface area (Å²) in [5.41, 5.74) is 0.623. The van der Waals surface area contributed by atoms with Gasteiger partial charge in [0.25, 0.3) is 5.91 Å². The smallest absolute Gasteiger partial charge is 0.253 e. The van der Waals surface area contributed by atoms with Gasteiger partial charge in [-0.15, -0.1) is 11.3 Å². The van der Waals surface area contributed by atoms with Gasteiger partial charge in [-0.25, -0.2) is 4.98 Å². The predicted octanol–water partition coefficient (Wildman–Crippen LogP) is 4.42. The van der Waals surface area contributed by atoms with E-state index in [0.29, 0.717) is 11.5 Å². The summed E-state index contributed by atoms with van der Waals surface area (Å²) in [7, 11) is 0. The van der Waals surface area contributed by atoms with E-state index in [-0.39, 0.29) is 24.2 Å². The highest BCUT2D eigenvalue weighted by molar-refractivity contribution is 7.10. The van der Waals surface area contributed by atoms with Crippen LogP contribution in [-0.4, -0.2) is 36.2 Å². The Bertz CT molecular complexity index is 762. The van der Waals surface area contributed by atoms with E-state index in [1.807, 2.05) is 12.1 Å². The number of hydrogen-bond donors (Lipinski definition) is 1. The topological polar surface area (TPSA) is 54.5 Å². The fraction of sp³-hybridized carbons (Fsp3) is 0.545. The van der Waals surface area contributed by atoms with E-state index in [0.717, 1.165) is 18.9 Å². The molecule has 0 aromatic carbocycles. The highest BCUT2D eigenvalue weighted by atomic mass is 32.1. The standard InChI is InChI=1S/C22H29N3O2S/c1-15-13-25(14-16(2)27-15)20-10-9-18(12-23-20)22(26)24-21(17-6-3-4-7-17)19-8-5-11-28-19/h5,8-12,15-17,21H,3-4,6-7,13-14H2,1-2H3,(H,24,26)/t15-,16-,21-/m1/s1. The first-order chi connectivity index (χ1) is 13.6. The van der Waals surface area contributed by atoms with Crippen molar-refractivity contribution in [2.24, 2.45) is 5.92 Å². The third-order valence-corrected chi connectivity index (χ3v) is 6.72. The van der Waals surface area contributed by atoms with E-state index < -0.39 is 0 Å². The van der Waals surface area contributed by atoms with Gasteiger partial charge in [-0.1, -0.05) is 18.9 Å². The fourth-order valence-electron chi connectivity index (χ4n) is 4.48. The lowest BCUT2D eigenvalue weighted by Crippen LogP contribution is -2.45. The lowest BCUT2D eigenvalue weighted by atomic mass is 9.96. The van der Waals surface area contributed by atoms with Crippen molar-refractivity contribution >= 4 is 23.1 Å². The first kappa shape index (κ1) is 19.4. The van der Waals surface area contributed by atoms with Crippen LogP contribution in [0.25, 0.3) is 0 Å². The number of anilines is 1. The zero-order valence-electron chi connectivity index (χ0n) is 16.6. The number of rotatable bonds is 5. The molecule has 3 atom stereocenters. The zero-order valence-corrected chi connectivity index (χ0v) is 17.5. The Hall–Kier alpha value is -1.92. The second kappa shape index (κ2) is 8.62. The second-order valence-corrected chi connectivity index (χ2v) is 9.06. The first-order valence-electron chi connectivity index (χ1n) is 10.3. The average Bonchev–Trinajstić information content (AvgIpc) is 3.39. The number of amides is 1. The SMILES string of the molecule is C[C@@H]1CN(c2ccc(C(=O)N[C@@H](c3cccs3)C3CCCC3)cn2)C[C@@H](C)O1. The summed E-state index contributed by atoms with van der Waals surface area (Å²) in [6, 6.07) is 8.15. The Kier molecular flexibility index (Phi) is 5.97. The van der Waals surface area contributed by atoms with E-state index in [1.54, 1.807) is 17.5 Å². The Morgan fingerprint density at radius 1 is 1.21 bits per heavy atom. The van der Waals surface area contributed by atoms with Gasteiger partial charge in [-0.2, -0.15) is 0 Å². The number of pyridine rings is 1. The van der Waals surface area contributed by atoms with Crippen molar-refractivity contribution in [1.82, 2.24) is 10.3 Å². The minimum Gasteiger partial charge on any atom is -0.372 e. The van der Waals surface area contributed by atoms with Crippen molar-refractivity contribution in [2.75, 3.05) is 18.0 Å². The lowest BCUT2D eigenvalue weighted by Gasteiger charge is -2.36. The number of nitrogens with zero attached hydrogens (tertiary/aromatic N) is 2. The molecule has 2 aromatic rings. The number of thiophene rings is 1. The molecule has 4 rings (SSSR count). The van der Waals surface area contributed by atoms with Crippen molar-refractivity contribution in [3.05, 3.63) is 46.3 Å². The molecule has 2 aliphatic rings. The van der Waals surface area contributed by atoms with Crippen LogP contribution < -0.4 is 10.2 Å². The number of aromatic nitrogens is 1. The number of nitrogens with one attached hydrogen (secondary N) is 1. The maximum atomic E-state index is 12.9. The van der Waals surface area contributed by atoms with E-state index >= 15 is 0 Å². The van der Waals surface area contributed by atoms with E-state index in [2.05, 4.69) is 46.6 Å². The first-order valence-corrected chi connectivity index (χ1v) is 11.2. The molecule has 150 valence electrons. The molecule has 1 aliphatic carbocycles. The van der Waals surface area contributed by atoms with Crippen molar-refractivity contribution in [3.63, 3.8) is 0 Å². The molecule has 1 N–H and O–H groups in total. The van der Waals surface area contributed by atoms with Crippen LogP contribution in [-0.2, 0) is 4.74 Å². The fourth-order valence-corrected chi connectivity index (χ4v) is 5.35. The molecule has 1 saturated heterocycles. The van der Waals surface area contributed by atoms with Crippen molar-refractivity contribution < 1.29 is 9.53 Å². The van der Waals surface area contributed by atoms with Gasteiger partial charge in [0, 0.05) is 24.2 Å². The van der Waals surface area contributed by atoms with Crippen LogP contribution in [0, 0.1) is 5.92 Å². The molecule has 0 radical (unpaired) electrons. The van der Waals surface area contributed by atoms with E-state index in [9.17, 15) is 4.79 Å². The third-order valence-electron chi connectivity index (χ3n) is 5.76. The quantitative estimate of drug-likeness (QED) is 0.809. The molecule has 1 amide bonds. The second-order valence-electron chi connectivity index (χ2n) is 8.08. The van der Waals surface area contributed by atoms with E-state index in [1.165, 1.54) is 30.6 Å². The van der Waals surface area contributed by atoms with Crippen molar-refractivity contribution in [1.29, 1.82) is 0 Å². The Labute approximate surface area is 171 Å². The number of carbonyl (C=O) groups excluding carboxylic acids is 1. The average molecular weight is 400 g/mol. The number of ether oxygens (including phenoxy) is 1. The maximum Gasteiger partial charge on any atom is 0.253 e. The minimum atomic E-state index is -0.0342. The molecule has 6 heteroatoms. The molecule has 1 saturated carbocycles. The van der Waals surface area contributed by atoms with Gasteiger partial charge < -0.3 is 15.0 Å². The van der Waals surface area contributed by atoms with Gasteiger partial charge in [0.05, 0.1) is 23.8 Å². The lowest BCUT2D eigenvalue weighted by molar-refractivity contribution is -0.00546. The molecule has 5 nitrogen and oxygen atoms in total. The highest BCUT2D eigenvalue weighted by Crippen LogP contribution is 2.37. The summed E-state index contributed by atoms with van der Waals surface area (Å²) in [4.78, 5) is 21.0. The summed E-state index contributed by atoms with van der Waals surface area (Å²) in [6.07, 6.45) is 6.97. The van der Waals surface area contributed by atoms with Crippen LogP contribution >= 0.6 is 11.3 Å². The molecule has 2 fully saturated rings. The number of hydrogen-bond acceptors (Lipinski definition) is 5. The molecular formula is C22H29N3O2S. The van der Waals surface area contributed by atoms with Gasteiger partial charge in [-0.3, -0.25) is 4.79 Å². The largest absolute Gasteiger partial charge is 0.372 e. The molecule has 0 unspecified atom stereocenters. The van der Waals surface area contributed by atoms with Crippen molar-refractivity contribution in [2.45, 2.75) is 57.8 Å². The Morgan fingerprint density at radius 3 is 2.57 bits per heavy atom. The monoisotopic (exact) mass is 399 g/mol. The minimum absolute atomic E-state index is 0.0342. The highest BCUT2D eigenvalue weighted by Gasteiger charge is 2.29. The zero-order chi connectivity index (χ0) is 19.5. The van der Waals surface area contributed by atoms with Gasteiger partial charge >= 0.3 is 0 Å². The van der Waals surface area contributed by atoms with E-state index in [4.69, 9.17) is 4.74 Å². The van der Waals surface area contributed by atoms with Gasteiger partial charge in [0.2, 0.25) is 0 Å². The molecule has 0 spiro atoms. The van der Waals surface area contributed by atoms with Gasteiger partial charge in [-0.05, 0) is 56.2 Å². The summed E-state index contributed by atoms with van der Waals surface area (Å²) >= 11 is 1.73. The maximum absolute atomic E-state index is 12.9. The summed E-state index contributed by atoms with van der Waals surface area (Å²) in [5.74, 6) is 1.41. The van der Waals surface area contributed by atoms with Gasteiger partial charge in [0.15, 0.2) is 0 Å². The molecule has 0 bridgehead atoms. The third kappa shape index (κ3) is 4.39. The summed E-state index contributed by atoms with van der Waals surface area (Å²) < 4.78 is 5.80. The molecule has 1 aliphatic heterocycles. The molecule has 3 heterocycles.